The number of hydrogen-bond donors (Lipinski definition) is 1. The molecule has 0 aliphatic heterocycles. The van der Waals surface area contributed by atoms with Crippen molar-refractivity contribution in [3.63, 3.8) is 0 Å². The van der Waals surface area contributed by atoms with Gasteiger partial charge in [0.25, 0.3) is 5.91 Å². The molecule has 106 valence electrons. The van der Waals surface area contributed by atoms with Crippen LogP contribution in [0.2, 0.25) is 5.02 Å². The molecule has 1 heterocycles. The van der Waals surface area contributed by atoms with Gasteiger partial charge in [0.1, 0.15) is 5.75 Å². The summed E-state index contributed by atoms with van der Waals surface area (Å²) in [6.07, 6.45) is 3.38. The third-order valence-electron chi connectivity index (χ3n) is 2.61. The summed E-state index contributed by atoms with van der Waals surface area (Å²) < 4.78 is 7.12. The molecule has 1 aromatic carbocycles. The Morgan fingerprint density at radius 3 is 2.85 bits per heavy atom. The number of halogens is 1. The summed E-state index contributed by atoms with van der Waals surface area (Å²) in [4.78, 5) is 11.8. The largest absolute Gasteiger partial charge is 0.482 e. The van der Waals surface area contributed by atoms with Crippen LogP contribution >= 0.6 is 11.6 Å². The molecule has 6 heteroatoms. The van der Waals surface area contributed by atoms with Crippen LogP contribution in [0.3, 0.4) is 0 Å². The second-order valence-electron chi connectivity index (χ2n) is 4.57. The maximum atomic E-state index is 11.8. The number of carbonyl (C=O) groups excluding carboxylic acids is 1. The number of rotatable bonds is 5. The van der Waals surface area contributed by atoms with E-state index in [1.807, 2.05) is 13.8 Å². The van der Waals surface area contributed by atoms with Gasteiger partial charge in [-0.3, -0.25) is 9.48 Å². The molecule has 0 radical (unpaired) electrons. The summed E-state index contributed by atoms with van der Waals surface area (Å²) in [6.45, 7) is 3.93. The van der Waals surface area contributed by atoms with E-state index in [1.165, 1.54) is 0 Å². The third kappa shape index (κ3) is 3.74. The molecule has 1 amide bonds. The van der Waals surface area contributed by atoms with Crippen LogP contribution in [0.5, 0.6) is 5.75 Å². The maximum absolute atomic E-state index is 11.8. The van der Waals surface area contributed by atoms with Crippen LogP contribution in [0.25, 0.3) is 0 Å². The van der Waals surface area contributed by atoms with E-state index < -0.39 is 0 Å². The monoisotopic (exact) mass is 293 g/mol. The lowest BCUT2D eigenvalue weighted by Crippen LogP contribution is -2.20. The molecule has 1 N–H and O–H groups in total. The van der Waals surface area contributed by atoms with Crippen molar-refractivity contribution in [3.05, 3.63) is 41.7 Å². The first-order valence-corrected chi connectivity index (χ1v) is 6.65. The van der Waals surface area contributed by atoms with Crippen molar-refractivity contribution in [2.75, 3.05) is 11.9 Å². The van der Waals surface area contributed by atoms with E-state index in [0.717, 1.165) is 0 Å². The molecule has 5 nitrogen and oxygen atoms in total. The summed E-state index contributed by atoms with van der Waals surface area (Å²) in [7, 11) is 0. The van der Waals surface area contributed by atoms with Gasteiger partial charge in [-0.2, -0.15) is 5.10 Å². The lowest BCUT2D eigenvalue weighted by atomic mass is 10.3. The van der Waals surface area contributed by atoms with Crippen molar-refractivity contribution < 1.29 is 9.53 Å². The second-order valence-corrected chi connectivity index (χ2v) is 4.98. The number of anilines is 1. The van der Waals surface area contributed by atoms with Crippen LogP contribution < -0.4 is 10.1 Å². The SMILES string of the molecule is CC(C)n1cc(NC(=O)COc2ccccc2Cl)cn1. The van der Waals surface area contributed by atoms with Gasteiger partial charge in [-0.15, -0.1) is 0 Å². The molecule has 20 heavy (non-hydrogen) atoms. The molecule has 0 spiro atoms. The zero-order valence-corrected chi connectivity index (χ0v) is 12.1. The van der Waals surface area contributed by atoms with Gasteiger partial charge in [-0.25, -0.2) is 0 Å². The number of carbonyl (C=O) groups is 1. The highest BCUT2D eigenvalue weighted by atomic mass is 35.5. The van der Waals surface area contributed by atoms with Gasteiger partial charge in [0.2, 0.25) is 0 Å². The fourth-order valence-electron chi connectivity index (χ4n) is 1.59. The lowest BCUT2D eigenvalue weighted by molar-refractivity contribution is -0.118. The number of nitrogens with one attached hydrogen (secondary N) is 1. The van der Waals surface area contributed by atoms with Gasteiger partial charge < -0.3 is 10.1 Å². The summed E-state index contributed by atoms with van der Waals surface area (Å²) >= 11 is 5.94. The van der Waals surface area contributed by atoms with Crippen LogP contribution in [0, 0.1) is 0 Å². The topological polar surface area (TPSA) is 56.2 Å². The zero-order chi connectivity index (χ0) is 14.5. The van der Waals surface area contributed by atoms with E-state index in [0.29, 0.717) is 16.5 Å². The van der Waals surface area contributed by atoms with Gasteiger partial charge in [0.15, 0.2) is 6.61 Å². The van der Waals surface area contributed by atoms with Crippen molar-refractivity contribution in [3.8, 4) is 5.75 Å². The van der Waals surface area contributed by atoms with Gasteiger partial charge in [-0.05, 0) is 26.0 Å². The minimum absolute atomic E-state index is 0.101. The number of aromatic nitrogens is 2. The van der Waals surface area contributed by atoms with Crippen molar-refractivity contribution in [1.82, 2.24) is 9.78 Å². The average Bonchev–Trinajstić information content (AvgIpc) is 2.86. The molecule has 0 fully saturated rings. The fraction of sp³-hybridized carbons (Fsp3) is 0.286. The molecular formula is C14H16ClN3O2. The molecule has 0 saturated heterocycles. The molecule has 0 unspecified atom stereocenters. The van der Waals surface area contributed by atoms with Crippen LogP contribution in [-0.4, -0.2) is 22.3 Å². The highest BCUT2D eigenvalue weighted by Gasteiger charge is 2.08. The molecule has 0 atom stereocenters. The minimum atomic E-state index is -0.256. The molecule has 0 bridgehead atoms. The Labute approximate surface area is 122 Å². The molecule has 2 aromatic rings. The normalized spacial score (nSPS) is 10.6. The van der Waals surface area contributed by atoms with Crippen LogP contribution in [0.1, 0.15) is 19.9 Å². The van der Waals surface area contributed by atoms with Crippen molar-refractivity contribution in [2.24, 2.45) is 0 Å². The van der Waals surface area contributed by atoms with E-state index in [4.69, 9.17) is 16.3 Å². The molecule has 0 saturated carbocycles. The maximum Gasteiger partial charge on any atom is 0.262 e. The Kier molecular flexibility index (Phi) is 4.63. The lowest BCUT2D eigenvalue weighted by Gasteiger charge is -2.07. The number of nitrogens with zero attached hydrogens (tertiary/aromatic N) is 2. The molecular weight excluding hydrogens is 278 g/mol. The first-order valence-electron chi connectivity index (χ1n) is 6.27. The van der Waals surface area contributed by atoms with E-state index >= 15 is 0 Å². The Morgan fingerprint density at radius 2 is 2.20 bits per heavy atom. The Balaban J connectivity index is 1.88. The highest BCUT2D eigenvalue weighted by molar-refractivity contribution is 6.32. The van der Waals surface area contributed by atoms with Crippen LogP contribution in [0.4, 0.5) is 5.69 Å². The molecule has 1 aromatic heterocycles. The zero-order valence-electron chi connectivity index (χ0n) is 11.3. The number of hydrogen-bond acceptors (Lipinski definition) is 3. The Bertz CT molecular complexity index is 596. The van der Waals surface area contributed by atoms with Crippen molar-refractivity contribution >= 4 is 23.2 Å². The third-order valence-corrected chi connectivity index (χ3v) is 2.92. The smallest absolute Gasteiger partial charge is 0.262 e. The van der Waals surface area contributed by atoms with Crippen LogP contribution in [-0.2, 0) is 4.79 Å². The summed E-state index contributed by atoms with van der Waals surface area (Å²) in [6, 6.07) is 7.27. The van der Waals surface area contributed by atoms with Gasteiger partial charge in [-0.1, -0.05) is 23.7 Å². The van der Waals surface area contributed by atoms with Crippen LogP contribution in [0.15, 0.2) is 36.7 Å². The predicted octanol–water partition coefficient (Wildman–Crippen LogP) is 3.13. The Morgan fingerprint density at radius 1 is 1.45 bits per heavy atom. The number of amides is 1. The summed E-state index contributed by atoms with van der Waals surface area (Å²) in [5, 5.41) is 7.34. The average molecular weight is 294 g/mol. The first kappa shape index (κ1) is 14.4. The van der Waals surface area contributed by atoms with Crippen molar-refractivity contribution in [2.45, 2.75) is 19.9 Å². The minimum Gasteiger partial charge on any atom is -0.482 e. The fourth-order valence-corrected chi connectivity index (χ4v) is 1.78. The highest BCUT2D eigenvalue weighted by Crippen LogP contribution is 2.22. The number of para-hydroxylation sites is 1. The number of benzene rings is 1. The molecule has 0 aliphatic rings. The van der Waals surface area contributed by atoms with Gasteiger partial charge in [0.05, 0.1) is 16.9 Å². The van der Waals surface area contributed by atoms with E-state index in [9.17, 15) is 4.79 Å². The van der Waals surface area contributed by atoms with E-state index in [1.54, 1.807) is 41.3 Å². The number of ether oxygens (including phenoxy) is 1. The molecule has 0 aliphatic carbocycles. The summed E-state index contributed by atoms with van der Waals surface area (Å²) in [5.41, 5.74) is 0.645. The quantitative estimate of drug-likeness (QED) is 0.921. The standard InChI is InChI=1S/C14H16ClN3O2/c1-10(2)18-8-11(7-16-18)17-14(19)9-20-13-6-4-3-5-12(13)15/h3-8,10H,9H2,1-2H3,(H,17,19). The van der Waals surface area contributed by atoms with Crippen molar-refractivity contribution in [1.29, 1.82) is 0 Å². The first-order chi connectivity index (χ1) is 9.56. The second kappa shape index (κ2) is 6.43. The van der Waals surface area contributed by atoms with Gasteiger partial charge in [0, 0.05) is 12.2 Å². The molecule has 2 rings (SSSR count). The van der Waals surface area contributed by atoms with E-state index in [-0.39, 0.29) is 18.6 Å². The van der Waals surface area contributed by atoms with Gasteiger partial charge >= 0.3 is 0 Å². The predicted molar refractivity (Wildman–Crippen MR) is 78.2 cm³/mol. The Hall–Kier alpha value is -2.01. The summed E-state index contributed by atoms with van der Waals surface area (Å²) in [5.74, 6) is 0.232. The van der Waals surface area contributed by atoms with E-state index in [2.05, 4.69) is 10.4 Å².